The largest absolute Gasteiger partial charge is 0.0651 e. The van der Waals surface area contributed by atoms with Crippen LogP contribution in [0.5, 0.6) is 0 Å². The van der Waals surface area contributed by atoms with Gasteiger partial charge in [-0.25, -0.2) is 0 Å². The lowest BCUT2D eigenvalue weighted by Gasteiger charge is -2.12. The van der Waals surface area contributed by atoms with Crippen molar-refractivity contribution in [2.75, 3.05) is 0 Å². The molecule has 1 atom stereocenters. The molecule has 0 spiro atoms. The zero-order valence-corrected chi connectivity index (χ0v) is 19.4. The van der Waals surface area contributed by atoms with Gasteiger partial charge in [-0.05, 0) is 70.5 Å². The monoisotopic (exact) mass is 418 g/mol. The van der Waals surface area contributed by atoms with Gasteiger partial charge >= 0.3 is 0 Å². The van der Waals surface area contributed by atoms with E-state index in [-0.39, 0.29) is 0 Å². The summed E-state index contributed by atoms with van der Waals surface area (Å²) >= 11 is 0. The second-order valence-electron chi connectivity index (χ2n) is 8.98. The molecule has 0 heterocycles. The molecule has 162 valence electrons. The van der Waals surface area contributed by atoms with Crippen LogP contribution < -0.4 is 0 Å². The lowest BCUT2D eigenvalue weighted by atomic mass is 9.93. The molecule has 0 bridgehead atoms. The summed E-state index contributed by atoms with van der Waals surface area (Å²) < 4.78 is 0. The van der Waals surface area contributed by atoms with Crippen LogP contribution in [0.4, 0.5) is 0 Å². The second-order valence-corrected chi connectivity index (χ2v) is 8.98. The van der Waals surface area contributed by atoms with Gasteiger partial charge in [0, 0.05) is 0 Å². The quantitative estimate of drug-likeness (QED) is 0.256. The fourth-order valence-electron chi connectivity index (χ4n) is 4.40. The number of benzene rings is 4. The Hall–Kier alpha value is -3.12. The second kappa shape index (κ2) is 11.0. The maximum absolute atomic E-state index is 2.31. The molecule has 4 aromatic rings. The zero-order valence-electron chi connectivity index (χ0n) is 19.4. The highest BCUT2D eigenvalue weighted by Crippen LogP contribution is 2.23. The van der Waals surface area contributed by atoms with Crippen LogP contribution in [0.1, 0.15) is 54.0 Å². The molecule has 0 aliphatic carbocycles. The van der Waals surface area contributed by atoms with E-state index < -0.39 is 0 Å². The van der Waals surface area contributed by atoms with Crippen molar-refractivity contribution in [1.29, 1.82) is 0 Å². The average Bonchev–Trinajstić information content (AvgIpc) is 2.85. The molecule has 0 aliphatic rings. The standard InChI is InChI=1S/C32H34/c1-3-7-26-16-20-31(21-17-26)32-22-18-28(19-23-32)11-10-27-12-14-29(15-13-27)24-25(2)30-8-5-4-6-9-30/h4-6,8-9,12-23,25H,3,7,10-11,24H2,1-2H3. The Morgan fingerprint density at radius 2 is 0.938 bits per heavy atom. The van der Waals surface area contributed by atoms with Gasteiger partial charge in [-0.1, -0.05) is 123 Å². The number of aryl methyl sites for hydroxylation is 3. The molecule has 0 saturated heterocycles. The Balaban J connectivity index is 1.30. The normalized spacial score (nSPS) is 11.9. The first kappa shape index (κ1) is 22.1. The van der Waals surface area contributed by atoms with Gasteiger partial charge in [0.05, 0.1) is 0 Å². The lowest BCUT2D eigenvalue weighted by Crippen LogP contribution is -1.99. The third-order valence-electron chi connectivity index (χ3n) is 6.42. The zero-order chi connectivity index (χ0) is 22.2. The Labute approximate surface area is 194 Å². The van der Waals surface area contributed by atoms with E-state index in [1.54, 1.807) is 0 Å². The van der Waals surface area contributed by atoms with Gasteiger partial charge in [0.25, 0.3) is 0 Å². The third kappa shape index (κ3) is 5.98. The van der Waals surface area contributed by atoms with E-state index in [2.05, 4.69) is 117 Å². The van der Waals surface area contributed by atoms with Crippen molar-refractivity contribution >= 4 is 0 Å². The maximum Gasteiger partial charge on any atom is -0.0150 e. The number of rotatable bonds is 9. The van der Waals surface area contributed by atoms with Gasteiger partial charge in [-0.2, -0.15) is 0 Å². The Morgan fingerprint density at radius 3 is 1.44 bits per heavy atom. The first-order valence-corrected chi connectivity index (χ1v) is 12.0. The molecular formula is C32H34. The van der Waals surface area contributed by atoms with Crippen LogP contribution in [-0.4, -0.2) is 0 Å². The van der Waals surface area contributed by atoms with Crippen molar-refractivity contribution in [2.45, 2.75) is 51.9 Å². The van der Waals surface area contributed by atoms with Crippen LogP contribution in [0.25, 0.3) is 11.1 Å². The van der Waals surface area contributed by atoms with E-state index in [1.165, 1.54) is 45.4 Å². The van der Waals surface area contributed by atoms with Crippen molar-refractivity contribution in [3.8, 4) is 11.1 Å². The van der Waals surface area contributed by atoms with Gasteiger partial charge in [0.1, 0.15) is 0 Å². The Kier molecular flexibility index (Phi) is 7.56. The first-order chi connectivity index (χ1) is 15.7. The number of hydrogen-bond acceptors (Lipinski definition) is 0. The van der Waals surface area contributed by atoms with Crippen molar-refractivity contribution in [3.05, 3.63) is 131 Å². The van der Waals surface area contributed by atoms with Crippen LogP contribution in [0.15, 0.2) is 103 Å². The van der Waals surface area contributed by atoms with Crippen LogP contribution in [0, 0.1) is 0 Å². The molecular weight excluding hydrogens is 384 g/mol. The Morgan fingerprint density at radius 1 is 0.500 bits per heavy atom. The highest BCUT2D eigenvalue weighted by atomic mass is 14.1. The maximum atomic E-state index is 2.31. The fraction of sp³-hybridized carbons (Fsp3) is 0.250. The minimum absolute atomic E-state index is 0.545. The van der Waals surface area contributed by atoms with Crippen LogP contribution >= 0.6 is 0 Å². The third-order valence-corrected chi connectivity index (χ3v) is 6.42. The number of hydrogen-bond donors (Lipinski definition) is 0. The lowest BCUT2D eigenvalue weighted by molar-refractivity contribution is 0.758. The predicted molar refractivity (Wildman–Crippen MR) is 138 cm³/mol. The molecule has 0 fully saturated rings. The van der Waals surface area contributed by atoms with Gasteiger partial charge in [-0.3, -0.25) is 0 Å². The molecule has 0 aromatic heterocycles. The molecule has 0 nitrogen and oxygen atoms in total. The van der Waals surface area contributed by atoms with Crippen LogP contribution in [0.2, 0.25) is 0 Å². The van der Waals surface area contributed by atoms with Crippen molar-refractivity contribution in [2.24, 2.45) is 0 Å². The summed E-state index contributed by atoms with van der Waals surface area (Å²) in [6.45, 7) is 4.54. The smallest absolute Gasteiger partial charge is 0.0150 e. The molecule has 4 aromatic carbocycles. The van der Waals surface area contributed by atoms with Gasteiger partial charge < -0.3 is 0 Å². The fourth-order valence-corrected chi connectivity index (χ4v) is 4.40. The van der Waals surface area contributed by atoms with Crippen molar-refractivity contribution in [3.63, 3.8) is 0 Å². The van der Waals surface area contributed by atoms with Crippen LogP contribution in [-0.2, 0) is 25.7 Å². The predicted octanol–water partition coefficient (Wildman–Crippen LogP) is 8.44. The SMILES string of the molecule is CCCc1ccc(-c2ccc(CCc3ccc(CC(C)c4ccccc4)cc3)cc2)cc1. The van der Waals surface area contributed by atoms with Crippen molar-refractivity contribution in [1.82, 2.24) is 0 Å². The molecule has 0 aliphatic heterocycles. The van der Waals surface area contributed by atoms with Crippen molar-refractivity contribution < 1.29 is 0 Å². The summed E-state index contributed by atoms with van der Waals surface area (Å²) in [6.07, 6.45) is 5.61. The molecule has 0 saturated carbocycles. The Bertz CT molecular complexity index is 1070. The van der Waals surface area contributed by atoms with E-state index >= 15 is 0 Å². The van der Waals surface area contributed by atoms with Gasteiger partial charge in [0.15, 0.2) is 0 Å². The van der Waals surface area contributed by atoms with E-state index in [0.717, 1.165) is 25.7 Å². The summed E-state index contributed by atoms with van der Waals surface area (Å²) in [7, 11) is 0. The summed E-state index contributed by atoms with van der Waals surface area (Å²) in [5, 5.41) is 0. The summed E-state index contributed by atoms with van der Waals surface area (Å²) in [6, 6.07) is 38.1. The topological polar surface area (TPSA) is 0 Å². The van der Waals surface area contributed by atoms with E-state index in [4.69, 9.17) is 0 Å². The van der Waals surface area contributed by atoms with E-state index in [0.29, 0.717) is 5.92 Å². The molecule has 0 N–H and O–H groups in total. The molecule has 32 heavy (non-hydrogen) atoms. The van der Waals surface area contributed by atoms with E-state index in [9.17, 15) is 0 Å². The highest BCUT2D eigenvalue weighted by molar-refractivity contribution is 5.64. The molecule has 0 amide bonds. The van der Waals surface area contributed by atoms with Crippen LogP contribution in [0.3, 0.4) is 0 Å². The molecule has 0 radical (unpaired) electrons. The minimum Gasteiger partial charge on any atom is -0.0651 e. The van der Waals surface area contributed by atoms with Gasteiger partial charge in [0.2, 0.25) is 0 Å². The highest BCUT2D eigenvalue weighted by Gasteiger charge is 2.06. The minimum atomic E-state index is 0.545. The average molecular weight is 419 g/mol. The molecule has 1 unspecified atom stereocenters. The van der Waals surface area contributed by atoms with Gasteiger partial charge in [-0.15, -0.1) is 0 Å². The molecule has 0 heteroatoms. The summed E-state index contributed by atoms with van der Waals surface area (Å²) in [5.74, 6) is 0.545. The van der Waals surface area contributed by atoms with E-state index in [1.807, 2.05) is 0 Å². The molecule has 4 rings (SSSR count). The summed E-state index contributed by atoms with van der Waals surface area (Å²) in [4.78, 5) is 0. The first-order valence-electron chi connectivity index (χ1n) is 12.0. The summed E-state index contributed by atoms with van der Waals surface area (Å²) in [5.41, 5.74) is 9.67.